The molecular weight excluding hydrogens is 278 g/mol. The van der Waals surface area contributed by atoms with Crippen molar-refractivity contribution in [3.8, 4) is 11.1 Å². The van der Waals surface area contributed by atoms with Crippen LogP contribution in [0, 0.1) is 11.8 Å². The molecule has 0 aliphatic rings. The third-order valence-corrected chi connectivity index (χ3v) is 4.17. The quantitative estimate of drug-likeness (QED) is 0.555. The first-order valence-electron chi connectivity index (χ1n) is 8.79. The molecule has 2 rings (SSSR count). The van der Waals surface area contributed by atoms with Crippen LogP contribution in [-0.4, -0.2) is 12.8 Å². The van der Waals surface area contributed by atoms with E-state index in [1.165, 1.54) is 28.7 Å². The molecular formula is C22H29N. The molecule has 122 valence electrons. The molecule has 0 bridgehead atoms. The van der Waals surface area contributed by atoms with Crippen LogP contribution in [-0.2, 0) is 6.42 Å². The summed E-state index contributed by atoms with van der Waals surface area (Å²) in [7, 11) is 0. The van der Waals surface area contributed by atoms with Crippen LogP contribution in [0.3, 0.4) is 0 Å². The van der Waals surface area contributed by atoms with Crippen molar-refractivity contribution in [2.24, 2.45) is 16.8 Å². The molecule has 2 aromatic rings. The highest BCUT2D eigenvalue weighted by atomic mass is 14.7. The Morgan fingerprint density at radius 2 is 1.70 bits per heavy atom. The number of rotatable bonds is 7. The lowest BCUT2D eigenvalue weighted by Gasteiger charge is -2.13. The second-order valence-electron chi connectivity index (χ2n) is 6.83. The molecule has 1 heteroatoms. The van der Waals surface area contributed by atoms with E-state index in [2.05, 4.69) is 82.4 Å². The van der Waals surface area contributed by atoms with Gasteiger partial charge in [0, 0.05) is 18.3 Å². The number of hydrogen-bond acceptors (Lipinski definition) is 1. The first-order valence-corrected chi connectivity index (χ1v) is 8.79. The van der Waals surface area contributed by atoms with Gasteiger partial charge in [0.1, 0.15) is 0 Å². The fourth-order valence-corrected chi connectivity index (χ4v) is 3.15. The number of nitrogens with zero attached hydrogens (tertiary/aromatic N) is 1. The fraction of sp³-hybridized carbons (Fsp3) is 0.409. The summed E-state index contributed by atoms with van der Waals surface area (Å²) in [5.74, 6) is 1.38. The van der Waals surface area contributed by atoms with Gasteiger partial charge in [-0.25, -0.2) is 0 Å². The Morgan fingerprint density at radius 3 is 2.35 bits per heavy atom. The van der Waals surface area contributed by atoms with Gasteiger partial charge in [-0.05, 0) is 41.4 Å². The van der Waals surface area contributed by atoms with Crippen LogP contribution < -0.4 is 0 Å². The molecule has 0 aromatic heterocycles. The smallest absolute Gasteiger partial charge is 0.0415 e. The number of aliphatic imine (C=N–C) groups is 1. The van der Waals surface area contributed by atoms with Crippen molar-refractivity contribution in [2.45, 2.75) is 40.5 Å². The second kappa shape index (κ2) is 8.67. The van der Waals surface area contributed by atoms with Crippen molar-refractivity contribution in [2.75, 3.05) is 6.54 Å². The van der Waals surface area contributed by atoms with Gasteiger partial charge in [-0.2, -0.15) is 0 Å². The lowest BCUT2D eigenvalue weighted by molar-refractivity contribution is 0.448. The molecule has 0 saturated heterocycles. The molecule has 0 saturated carbocycles. The average molecular weight is 307 g/mol. The normalized spacial score (nSPS) is 12.9. The maximum Gasteiger partial charge on any atom is 0.0415 e. The zero-order valence-electron chi connectivity index (χ0n) is 14.9. The third-order valence-electron chi connectivity index (χ3n) is 4.17. The summed E-state index contributed by atoms with van der Waals surface area (Å²) < 4.78 is 0. The molecule has 0 N–H and O–H groups in total. The van der Waals surface area contributed by atoms with Crippen LogP contribution in [0.5, 0.6) is 0 Å². The summed E-state index contributed by atoms with van der Waals surface area (Å²) >= 11 is 0. The average Bonchev–Trinajstić information content (AvgIpc) is 2.55. The minimum Gasteiger partial charge on any atom is -0.292 e. The van der Waals surface area contributed by atoms with E-state index in [-0.39, 0.29) is 0 Å². The topological polar surface area (TPSA) is 12.4 Å². The minimum atomic E-state index is 0.639. The van der Waals surface area contributed by atoms with E-state index < -0.39 is 0 Å². The highest BCUT2D eigenvalue weighted by Crippen LogP contribution is 2.25. The van der Waals surface area contributed by atoms with Gasteiger partial charge in [0.05, 0.1) is 0 Å². The highest BCUT2D eigenvalue weighted by molar-refractivity contribution is 5.92. The summed E-state index contributed by atoms with van der Waals surface area (Å²) in [6.45, 7) is 9.97. The van der Waals surface area contributed by atoms with Crippen molar-refractivity contribution in [3.63, 3.8) is 0 Å². The van der Waals surface area contributed by atoms with Crippen LogP contribution in [0.25, 0.3) is 11.1 Å². The number of aryl methyl sites for hydroxylation is 1. The predicted molar refractivity (Wildman–Crippen MR) is 102 cm³/mol. The van der Waals surface area contributed by atoms with E-state index in [0.717, 1.165) is 18.9 Å². The van der Waals surface area contributed by atoms with Crippen LogP contribution >= 0.6 is 0 Å². The summed E-state index contributed by atoms with van der Waals surface area (Å²) in [6.07, 6.45) is 4.36. The molecule has 0 aliphatic carbocycles. The van der Waals surface area contributed by atoms with Crippen LogP contribution in [0.1, 0.15) is 45.2 Å². The van der Waals surface area contributed by atoms with Crippen LogP contribution in [0.2, 0.25) is 0 Å². The molecule has 0 amide bonds. The van der Waals surface area contributed by atoms with Gasteiger partial charge in [0.25, 0.3) is 0 Å². The molecule has 0 radical (unpaired) electrons. The predicted octanol–water partition coefficient (Wildman–Crippen LogP) is 6.02. The lowest BCUT2D eigenvalue weighted by Crippen LogP contribution is -2.04. The number of hydrogen-bond donors (Lipinski definition) is 0. The Balaban J connectivity index is 2.26. The van der Waals surface area contributed by atoms with Gasteiger partial charge in [0.15, 0.2) is 0 Å². The number of benzene rings is 2. The van der Waals surface area contributed by atoms with Gasteiger partial charge >= 0.3 is 0 Å². The molecule has 0 heterocycles. The van der Waals surface area contributed by atoms with Crippen molar-refractivity contribution in [3.05, 3.63) is 59.7 Å². The van der Waals surface area contributed by atoms with E-state index in [1.807, 2.05) is 0 Å². The van der Waals surface area contributed by atoms with Gasteiger partial charge in [-0.3, -0.25) is 4.99 Å². The summed E-state index contributed by atoms with van der Waals surface area (Å²) in [6, 6.07) is 17.2. The largest absolute Gasteiger partial charge is 0.292 e. The minimum absolute atomic E-state index is 0.639. The Morgan fingerprint density at radius 1 is 0.957 bits per heavy atom. The van der Waals surface area contributed by atoms with E-state index in [9.17, 15) is 0 Å². The SMILES string of the molecule is CCc1cccc(-c2ccccc2)c1C=NCC(C)CC(C)C. The van der Waals surface area contributed by atoms with Crippen LogP contribution in [0.4, 0.5) is 0 Å². The van der Waals surface area contributed by atoms with E-state index in [0.29, 0.717) is 5.92 Å². The summed E-state index contributed by atoms with van der Waals surface area (Å²) in [5, 5.41) is 0. The van der Waals surface area contributed by atoms with Crippen molar-refractivity contribution in [1.82, 2.24) is 0 Å². The highest BCUT2D eigenvalue weighted by Gasteiger charge is 2.08. The fourth-order valence-electron chi connectivity index (χ4n) is 3.15. The molecule has 0 aliphatic heterocycles. The third kappa shape index (κ3) is 5.06. The summed E-state index contributed by atoms with van der Waals surface area (Å²) in [4.78, 5) is 4.76. The zero-order valence-corrected chi connectivity index (χ0v) is 14.9. The van der Waals surface area contributed by atoms with Crippen molar-refractivity contribution >= 4 is 6.21 Å². The Kier molecular flexibility index (Phi) is 6.58. The van der Waals surface area contributed by atoms with E-state index in [4.69, 9.17) is 4.99 Å². The van der Waals surface area contributed by atoms with Crippen molar-refractivity contribution in [1.29, 1.82) is 0 Å². The molecule has 1 nitrogen and oxygen atoms in total. The van der Waals surface area contributed by atoms with Crippen LogP contribution in [0.15, 0.2) is 53.5 Å². The Hall–Kier alpha value is -1.89. The standard InChI is InChI=1S/C22H29N/c1-5-19-12-9-13-21(20-10-7-6-8-11-20)22(19)16-23-15-18(4)14-17(2)3/h6-13,16-18H,5,14-15H2,1-4H3. The molecule has 2 aromatic carbocycles. The molecule has 1 unspecified atom stereocenters. The summed E-state index contributed by atoms with van der Waals surface area (Å²) in [5.41, 5.74) is 5.19. The first kappa shape index (κ1) is 17.5. The molecule has 1 atom stereocenters. The van der Waals surface area contributed by atoms with Gasteiger partial charge in [-0.1, -0.05) is 76.2 Å². The molecule has 0 fully saturated rings. The second-order valence-corrected chi connectivity index (χ2v) is 6.83. The van der Waals surface area contributed by atoms with Crippen molar-refractivity contribution < 1.29 is 0 Å². The van der Waals surface area contributed by atoms with E-state index >= 15 is 0 Å². The van der Waals surface area contributed by atoms with E-state index in [1.54, 1.807) is 0 Å². The lowest BCUT2D eigenvalue weighted by atomic mass is 9.95. The maximum absolute atomic E-state index is 4.76. The Labute approximate surface area is 141 Å². The van der Waals surface area contributed by atoms with Gasteiger partial charge in [-0.15, -0.1) is 0 Å². The first-order chi connectivity index (χ1) is 11.1. The zero-order chi connectivity index (χ0) is 16.7. The molecule has 0 spiro atoms. The maximum atomic E-state index is 4.76. The molecule has 23 heavy (non-hydrogen) atoms. The Bertz CT molecular complexity index is 626. The van der Waals surface area contributed by atoms with Gasteiger partial charge in [0.2, 0.25) is 0 Å². The van der Waals surface area contributed by atoms with Gasteiger partial charge < -0.3 is 0 Å². The monoisotopic (exact) mass is 307 g/mol.